The van der Waals surface area contributed by atoms with Gasteiger partial charge in [0.1, 0.15) is 19.3 Å². The summed E-state index contributed by atoms with van der Waals surface area (Å²) >= 11 is 0. The van der Waals surface area contributed by atoms with Gasteiger partial charge in [-0.25, -0.2) is 9.98 Å². The Bertz CT molecular complexity index is 2900. The van der Waals surface area contributed by atoms with E-state index in [9.17, 15) is 19.2 Å². The van der Waals surface area contributed by atoms with Gasteiger partial charge in [-0.1, -0.05) is 298 Å². The molecule has 0 heterocycles. The number of ether oxygens (including phenoxy) is 3. The second kappa shape index (κ2) is 101. The van der Waals surface area contributed by atoms with Crippen molar-refractivity contribution in [3.05, 3.63) is 243 Å². The molecule has 0 aliphatic carbocycles. The Balaban J connectivity index is -0.000000802. The Kier molecular flexibility index (Phi) is 101. The number of carboxylic acids is 1. The highest BCUT2D eigenvalue weighted by Gasteiger charge is 2.27. The zero-order chi connectivity index (χ0) is 86.2. The third kappa shape index (κ3) is 93.6. The van der Waals surface area contributed by atoms with Gasteiger partial charge < -0.3 is 39.5 Å². The van der Waals surface area contributed by atoms with Crippen molar-refractivity contribution >= 4 is 42.3 Å². The number of esters is 3. The fourth-order valence-corrected chi connectivity index (χ4v) is 10.3. The van der Waals surface area contributed by atoms with Crippen LogP contribution < -0.4 is 0 Å². The summed E-state index contributed by atoms with van der Waals surface area (Å²) in [5.74, 6) is -2.82. The van der Waals surface area contributed by atoms with Crippen LogP contribution in [-0.4, -0.2) is 128 Å². The molecule has 15 heteroatoms. The van der Waals surface area contributed by atoms with Gasteiger partial charge in [0.2, 0.25) is 0 Å². The minimum atomic E-state index is -0.954. The minimum absolute atomic E-state index is 0. The molecule has 0 aromatic rings. The number of hydrogen-bond donors (Lipinski definition) is 4. The second-order valence-electron chi connectivity index (χ2n) is 27.9. The average Bonchev–Trinajstić information content (AvgIpc) is 0.896. The fraction of sp³-hybridized carbons (Fsp3) is 0.559. The molecule has 0 aliphatic rings. The van der Waals surface area contributed by atoms with E-state index in [1.54, 1.807) is 0 Å². The number of allylic oxidation sites excluding steroid dienone is 40. The fourth-order valence-electron chi connectivity index (χ4n) is 10.3. The maximum absolute atomic E-state index is 13.6. The summed E-state index contributed by atoms with van der Waals surface area (Å²) in [7, 11) is 4.12. The van der Waals surface area contributed by atoms with Crippen molar-refractivity contribution in [1.29, 1.82) is 0 Å². The van der Waals surface area contributed by atoms with Crippen LogP contribution in [0.2, 0.25) is 0 Å². The van der Waals surface area contributed by atoms with Gasteiger partial charge in [-0.05, 0) is 239 Å². The molecular weight excluding hydrogens is 1480 g/mol. The molecule has 0 amide bonds. The van der Waals surface area contributed by atoms with Crippen LogP contribution in [0.1, 0.15) is 274 Å². The molecule has 0 radical (unpaired) electrons. The predicted octanol–water partition coefficient (Wildman–Crippen LogP) is 26.2. The van der Waals surface area contributed by atoms with Crippen molar-refractivity contribution in [3.8, 4) is 0 Å². The number of nitrogens with zero attached hydrogens (tertiary/aromatic N) is 3. The lowest BCUT2D eigenvalue weighted by Gasteiger charge is -2.23. The molecule has 4 atom stereocenters. The van der Waals surface area contributed by atoms with E-state index in [-0.39, 0.29) is 80.4 Å². The number of aliphatic carboxylic acids is 1. The molecule has 0 aromatic carbocycles. The van der Waals surface area contributed by atoms with Crippen LogP contribution in [0.15, 0.2) is 253 Å². The monoisotopic (exact) mass is 1640 g/mol. The van der Waals surface area contributed by atoms with Crippen LogP contribution in [0.4, 0.5) is 0 Å². The first-order valence-electron chi connectivity index (χ1n) is 44.1. The SMILES string of the molecule is CC/C=C\C/C=C\C/C=C\C/C=C\C/C=C\CCC(CC)C(=O)O.CC/C=C\C/C=C\C/C=C\C/C=C\C/C=C\CCC(CC)C(=O)OCC(COC(=O)C(CC)CC/C=C\C/C=C\C/C=C\C/C=C\C/C=C\CC)OC(=O)C(CC)CC/C=C\C/C=C\C/C=C\C/C=C\C/C=C\CC.CCN=C=NCCCN(C)C.Cl.OCC(O)CO. The standard InChI is InChI=1S/C69H104O6.C22H34O2.C8H17N3.C3H8O3.ClH/c1-7-13-16-19-22-25-28-31-34-37-40-43-46-49-52-55-58-63(10-4)67(70)73-61-66(75-69(72)65(12-6)60-57-54-51-48-45-42-39-36-33-30-27-24-21-18-15-9-3)62-74-68(71)64(11-5)59-56-53-50-47-44-41-38-35-32-29-26-23-20-17-14-8-2;1-3-5-6-7-8-9-10-11-12-13-14-15-16-17-18-19-20-21(4-2)22(23)24;1-4-9-8-10-6-5-7-11(2)3;4-1-3(6)2-5;/h13-18,22-27,31-36,40-45,49-54,63-66H,7-12,19-21,28-30,37-39,46-48,55-62H2,1-6H3;5-6,8-9,11-12,14-15,17-18,21H,3-4,7,10,13,16,19-20H2,1-2H3,(H,23,24);4-7H2,1-3H3;3-6H,1-2H2;1H/b16-13-,17-14-,18-15-,25-22-,26-23-,27-24-,34-31-,35-32-,36-33-,43-40-,44-41-,45-42-,52-49-,53-50-,54-51-;6-5-,9-8-,12-11-,15-14-,18-17-;;;. The molecule has 14 nitrogen and oxygen atoms in total. The van der Waals surface area contributed by atoms with E-state index in [4.69, 9.17) is 34.6 Å². The number of aliphatic hydroxyl groups excluding tert-OH is 3. The van der Waals surface area contributed by atoms with Gasteiger partial charge in [-0.2, -0.15) is 0 Å². The number of aliphatic hydroxyl groups is 3. The van der Waals surface area contributed by atoms with E-state index < -0.39 is 18.2 Å². The summed E-state index contributed by atoms with van der Waals surface area (Å²) in [5.41, 5.74) is 0. The van der Waals surface area contributed by atoms with Crippen LogP contribution in [-0.2, 0) is 33.4 Å². The van der Waals surface area contributed by atoms with Gasteiger partial charge in [-0.15, -0.1) is 12.4 Å². The largest absolute Gasteiger partial charge is 0.481 e. The molecule has 0 aromatic heterocycles. The number of rotatable bonds is 68. The topological polar surface area (TPSA) is 205 Å². The number of carbonyl (C=O) groups is 4. The summed E-state index contributed by atoms with van der Waals surface area (Å²) in [6.07, 6.45) is 114. The van der Waals surface area contributed by atoms with Gasteiger partial charge in [0.05, 0.1) is 49.4 Å². The van der Waals surface area contributed by atoms with Gasteiger partial charge in [-0.3, -0.25) is 19.2 Å². The zero-order valence-electron chi connectivity index (χ0n) is 74.7. The van der Waals surface area contributed by atoms with Crippen LogP contribution >= 0.6 is 12.4 Å². The molecule has 117 heavy (non-hydrogen) atoms. The number of aliphatic imine (C=N–C) groups is 2. The predicted molar refractivity (Wildman–Crippen MR) is 505 cm³/mol. The average molecular weight is 1640 g/mol. The Morgan fingerprint density at radius 1 is 0.342 bits per heavy atom. The molecule has 0 saturated carbocycles. The molecule has 0 aliphatic heterocycles. The van der Waals surface area contributed by atoms with Gasteiger partial charge in [0.15, 0.2) is 6.10 Å². The van der Waals surface area contributed by atoms with E-state index in [1.807, 2.05) is 34.6 Å². The first-order valence-corrected chi connectivity index (χ1v) is 44.1. The van der Waals surface area contributed by atoms with E-state index >= 15 is 0 Å². The van der Waals surface area contributed by atoms with Crippen molar-refractivity contribution in [2.24, 2.45) is 33.7 Å². The van der Waals surface area contributed by atoms with E-state index in [0.29, 0.717) is 44.9 Å². The zero-order valence-corrected chi connectivity index (χ0v) is 75.6. The molecule has 0 fully saturated rings. The lowest BCUT2D eigenvalue weighted by molar-refractivity contribution is -0.172. The Labute approximate surface area is 720 Å². The van der Waals surface area contributed by atoms with Gasteiger partial charge >= 0.3 is 23.9 Å². The third-order valence-corrected chi connectivity index (χ3v) is 17.4. The van der Waals surface area contributed by atoms with Crippen LogP contribution in [0.5, 0.6) is 0 Å². The van der Waals surface area contributed by atoms with Crippen molar-refractivity contribution in [2.75, 3.05) is 60.2 Å². The Hall–Kier alpha value is -7.81. The van der Waals surface area contributed by atoms with E-state index in [2.05, 4.69) is 306 Å². The maximum atomic E-state index is 13.6. The smallest absolute Gasteiger partial charge is 0.309 e. The Morgan fingerprint density at radius 2 is 0.573 bits per heavy atom. The molecule has 4 N–H and O–H groups in total. The molecular formula is C102H164ClN3O11. The summed E-state index contributed by atoms with van der Waals surface area (Å²) in [6.45, 7) is 20.1. The highest BCUT2D eigenvalue weighted by atomic mass is 35.5. The normalized spacial score (nSPS) is 13.8. The molecule has 0 bridgehead atoms. The summed E-state index contributed by atoms with van der Waals surface area (Å²) < 4.78 is 17.6. The summed E-state index contributed by atoms with van der Waals surface area (Å²) in [6, 6.07) is 2.64. The summed E-state index contributed by atoms with van der Waals surface area (Å²) in [5, 5.41) is 33.0. The highest BCUT2D eigenvalue weighted by Crippen LogP contribution is 2.20. The first kappa shape index (κ1) is 118. The molecule has 0 spiro atoms. The van der Waals surface area contributed by atoms with Crippen molar-refractivity contribution in [2.45, 2.75) is 286 Å². The number of halogens is 1. The van der Waals surface area contributed by atoms with Crippen LogP contribution in [0.3, 0.4) is 0 Å². The van der Waals surface area contributed by atoms with Gasteiger partial charge in [0, 0.05) is 6.54 Å². The maximum Gasteiger partial charge on any atom is 0.309 e. The number of carboxylic acid groups (broad SMARTS) is 1. The number of hydrogen-bond acceptors (Lipinski definition) is 13. The summed E-state index contributed by atoms with van der Waals surface area (Å²) in [4.78, 5) is 61.2. The minimum Gasteiger partial charge on any atom is -0.481 e. The van der Waals surface area contributed by atoms with Gasteiger partial charge in [0.25, 0.3) is 0 Å². The lowest BCUT2D eigenvalue weighted by atomic mass is 10.00. The highest BCUT2D eigenvalue weighted by molar-refractivity contribution is 5.85. The van der Waals surface area contributed by atoms with E-state index in [0.717, 1.165) is 187 Å². The third-order valence-electron chi connectivity index (χ3n) is 17.4. The lowest BCUT2D eigenvalue weighted by Crippen LogP contribution is -2.34. The molecule has 660 valence electrons. The first-order chi connectivity index (χ1) is 56.7. The Morgan fingerprint density at radius 3 is 0.778 bits per heavy atom. The molecule has 0 rings (SSSR count). The van der Waals surface area contributed by atoms with Crippen molar-refractivity contribution < 1.29 is 53.8 Å². The van der Waals surface area contributed by atoms with Crippen LogP contribution in [0, 0.1) is 23.7 Å². The van der Waals surface area contributed by atoms with Crippen molar-refractivity contribution in [3.63, 3.8) is 0 Å². The van der Waals surface area contributed by atoms with E-state index in [1.165, 1.54) is 0 Å². The number of carbonyl (C=O) groups excluding carboxylic acids is 3. The van der Waals surface area contributed by atoms with Crippen LogP contribution in [0.25, 0.3) is 0 Å². The quantitative estimate of drug-likeness (QED) is 0.0148. The molecule has 0 saturated heterocycles. The molecule has 4 unspecified atom stereocenters. The second-order valence-corrected chi connectivity index (χ2v) is 27.9. The van der Waals surface area contributed by atoms with Crippen molar-refractivity contribution in [1.82, 2.24) is 4.90 Å².